The topological polar surface area (TPSA) is 297 Å². The van der Waals surface area contributed by atoms with Crippen LogP contribution in [0.2, 0.25) is 0 Å². The maximum absolute atomic E-state index is 12.5. The van der Waals surface area contributed by atoms with Crippen LogP contribution in [-0.2, 0) is 23.7 Å². The van der Waals surface area contributed by atoms with E-state index in [0.29, 0.717) is 5.56 Å². The fourth-order valence-electron chi connectivity index (χ4n) is 6.32. The van der Waals surface area contributed by atoms with Gasteiger partial charge in [-0.2, -0.15) is 0 Å². The van der Waals surface area contributed by atoms with Gasteiger partial charge in [0.25, 0.3) is 11.9 Å². The minimum Gasteiger partial charge on any atom is -0.571 e. The Hall–Kier alpha value is -5.35. The summed E-state index contributed by atoms with van der Waals surface area (Å²) < 4.78 is 44.0. The van der Waals surface area contributed by atoms with Crippen LogP contribution in [0.4, 0.5) is 0 Å². The Morgan fingerprint density at radius 1 is 0.737 bits per heavy atom. The summed E-state index contributed by atoms with van der Waals surface area (Å²) in [6.45, 7) is -1.33. The molecule has 0 amide bonds. The van der Waals surface area contributed by atoms with E-state index in [2.05, 4.69) is 0 Å². The van der Waals surface area contributed by atoms with Gasteiger partial charge in [0.05, 0.1) is 32.5 Å². The van der Waals surface area contributed by atoms with E-state index in [-0.39, 0.29) is 57.1 Å². The molecule has 3 aromatic carbocycles. The van der Waals surface area contributed by atoms with Crippen LogP contribution < -0.4 is 14.2 Å². The number of phenols is 3. The highest BCUT2D eigenvalue weighted by atomic mass is 16.7. The van der Waals surface area contributed by atoms with Gasteiger partial charge in [-0.15, -0.1) is 0 Å². The third-order valence-corrected chi connectivity index (χ3v) is 9.45. The molecule has 6 rings (SSSR count). The van der Waals surface area contributed by atoms with Crippen molar-refractivity contribution in [1.82, 2.24) is 0 Å². The summed E-state index contributed by atoms with van der Waals surface area (Å²) in [4.78, 5) is 12.5. The number of rotatable bonds is 12. The first-order valence-corrected chi connectivity index (χ1v) is 17.4. The lowest BCUT2D eigenvalue weighted by molar-refractivity contribution is -0.296. The molecule has 0 aromatic heterocycles. The number of carbonyl (C=O) groups excluding carboxylic acids is 1. The first kappa shape index (κ1) is 41.3. The van der Waals surface area contributed by atoms with Crippen molar-refractivity contribution in [3.05, 3.63) is 77.1 Å². The first-order valence-electron chi connectivity index (χ1n) is 17.4. The third-order valence-electron chi connectivity index (χ3n) is 9.45. The van der Waals surface area contributed by atoms with Gasteiger partial charge in [-0.3, -0.25) is 0 Å². The summed E-state index contributed by atoms with van der Waals surface area (Å²) in [5.74, 6) is -1.80. The summed E-state index contributed by atoms with van der Waals surface area (Å²) in [6.07, 6.45) is -14.3. The van der Waals surface area contributed by atoms with Crippen molar-refractivity contribution < 1.29 is 93.8 Å². The number of fused-ring (bicyclic) bond motifs is 1. The molecule has 308 valence electrons. The minimum atomic E-state index is -1.89. The van der Waals surface area contributed by atoms with E-state index >= 15 is 0 Å². The fraction of sp³-hybridized carbons (Fsp3) is 0.395. The molecule has 0 radical (unpaired) electrons. The minimum absolute atomic E-state index is 0.0268. The van der Waals surface area contributed by atoms with Gasteiger partial charge in [0.2, 0.25) is 18.3 Å². The Labute approximate surface area is 323 Å². The van der Waals surface area contributed by atoms with Crippen LogP contribution in [-0.4, -0.2) is 151 Å². The molecule has 0 bridgehead atoms. The summed E-state index contributed by atoms with van der Waals surface area (Å²) in [7, 11) is 2.60. The number of esters is 1. The second kappa shape index (κ2) is 17.4. The van der Waals surface area contributed by atoms with E-state index < -0.39 is 86.7 Å². The van der Waals surface area contributed by atoms with Crippen LogP contribution in [0.15, 0.2) is 60.4 Å². The molecule has 0 saturated carbocycles. The van der Waals surface area contributed by atoms with Gasteiger partial charge in [-0.05, 0) is 35.9 Å². The number of aromatic hydroxyl groups is 4. The van der Waals surface area contributed by atoms with Crippen molar-refractivity contribution >= 4 is 18.1 Å². The van der Waals surface area contributed by atoms with E-state index in [4.69, 9.17) is 37.9 Å². The monoisotopic (exact) mass is 803 g/mol. The number of hydrogen-bond acceptors (Lipinski definition) is 18. The van der Waals surface area contributed by atoms with Crippen molar-refractivity contribution in [3.8, 4) is 40.2 Å². The molecule has 2 fully saturated rings. The van der Waals surface area contributed by atoms with Gasteiger partial charge in [-0.1, -0.05) is 12.1 Å². The Morgan fingerprint density at radius 2 is 1.33 bits per heavy atom. The maximum atomic E-state index is 12.5. The molecular formula is C38H43O19+. The molecule has 11 N–H and O–H groups in total. The van der Waals surface area contributed by atoms with E-state index in [9.17, 15) is 55.9 Å². The summed E-state index contributed by atoms with van der Waals surface area (Å²) in [6, 6.07) is 11.2. The number of ether oxygens (including phenoxy) is 8. The Morgan fingerprint density at radius 3 is 1.95 bits per heavy atom. The summed E-state index contributed by atoms with van der Waals surface area (Å²) in [5.41, 5.74) is 0.939. The lowest BCUT2D eigenvalue weighted by Gasteiger charge is -2.41. The fourth-order valence-corrected chi connectivity index (χ4v) is 6.32. The predicted octanol–water partition coefficient (Wildman–Crippen LogP) is -0.583. The highest BCUT2D eigenvalue weighted by Crippen LogP contribution is 2.49. The van der Waals surface area contributed by atoms with E-state index in [1.165, 1.54) is 56.7 Å². The third kappa shape index (κ3) is 8.81. The molecule has 0 aliphatic carbocycles. The van der Waals surface area contributed by atoms with Crippen LogP contribution in [0, 0.1) is 0 Å². The number of aliphatic hydroxyl groups excluding tert-OH is 7. The quantitative estimate of drug-likeness (QED) is 0.0622. The number of phenolic OH excluding ortho intramolecular Hbond substituents is 3. The van der Waals surface area contributed by atoms with Gasteiger partial charge >= 0.3 is 5.97 Å². The summed E-state index contributed by atoms with van der Waals surface area (Å²) in [5, 5.41) is 104. The van der Waals surface area contributed by atoms with E-state index in [1.54, 1.807) is 12.1 Å². The Bertz CT molecular complexity index is 1920. The second-order valence-corrected chi connectivity index (χ2v) is 13.2. The molecule has 0 spiro atoms. The average Bonchev–Trinajstić information content (AvgIpc) is 3.20. The number of aliphatic hydroxyl groups is 8. The normalized spacial score (nSPS) is 29.8. The van der Waals surface area contributed by atoms with E-state index in [1.807, 2.05) is 0 Å². The maximum Gasteiger partial charge on any atom is 0.330 e. The molecule has 1 unspecified atom stereocenters. The average molecular weight is 804 g/mol. The van der Waals surface area contributed by atoms with Crippen LogP contribution in [0.3, 0.4) is 0 Å². The molecular weight excluding hydrogens is 760 g/mol. The van der Waals surface area contributed by atoms with Gasteiger partial charge in [0, 0.05) is 18.2 Å². The standard InChI is InChI=1S/C38H42O19/c1-50-23-9-17(10-24(51-2)29(23)43)36-25(13-20-21(53-36)11-19(41)12-22(20)54-37-34(48)32(46)30(44)26(14-39)56-37)55-38-35(49)33(47)31(45)27(57-38)15-52-28(42)8-5-16-3-6-18(40)7-4-16/h3-13,26-27,30-41,43-49H,14-15H2,1-2H3/p+1/b8-5+/t26-,27-,30-,31-,32+,33+,34-,35-,36?,37-,38-/m1/s1. The van der Waals surface area contributed by atoms with Gasteiger partial charge in [-0.25, -0.2) is 4.79 Å². The lowest BCUT2D eigenvalue weighted by Crippen LogP contribution is -2.60. The van der Waals surface area contributed by atoms with Crippen molar-refractivity contribution in [2.45, 2.75) is 67.5 Å². The van der Waals surface area contributed by atoms with Gasteiger partial charge < -0.3 is 89.0 Å². The second-order valence-electron chi connectivity index (χ2n) is 13.2. The van der Waals surface area contributed by atoms with Crippen molar-refractivity contribution in [2.75, 3.05) is 27.4 Å². The van der Waals surface area contributed by atoms with Crippen molar-refractivity contribution in [2.24, 2.45) is 0 Å². The number of hydrogen-bond donors (Lipinski definition) is 10. The number of methoxy groups -OCH3 is 2. The molecule has 3 aliphatic rings. The molecule has 11 atom stereocenters. The highest BCUT2D eigenvalue weighted by Gasteiger charge is 2.48. The van der Waals surface area contributed by atoms with Gasteiger partial charge in [0.1, 0.15) is 78.3 Å². The lowest BCUT2D eigenvalue weighted by atomic mass is 9.98. The molecule has 3 aliphatic heterocycles. The molecule has 2 saturated heterocycles. The molecule has 19 nitrogen and oxygen atoms in total. The van der Waals surface area contributed by atoms with Crippen LogP contribution >= 0.6 is 0 Å². The molecule has 3 aromatic rings. The highest BCUT2D eigenvalue weighted by molar-refractivity contribution is 5.87. The number of benzene rings is 3. The first-order chi connectivity index (χ1) is 27.2. The van der Waals surface area contributed by atoms with Crippen LogP contribution in [0.1, 0.15) is 22.8 Å². The number of carbonyl (C=O) groups is 1. The SMILES string of the molecule is COc1cc(C2[OH+]c3cc(O)cc(O[C@@H]4O[C@H](CO)[C@@H](O)[C@H](O)[C@H]4O)c3C=C2O[C@@H]2O[C@H](COC(=O)/C=C/c3ccc(O)cc3)[C@@H](O)[C@H](O)[C@H]2O)cc(OC)c1O. The largest absolute Gasteiger partial charge is 0.571 e. The Balaban J connectivity index is 1.32. The zero-order chi connectivity index (χ0) is 41.1. The predicted molar refractivity (Wildman–Crippen MR) is 192 cm³/mol. The molecule has 3 heterocycles. The Kier molecular flexibility index (Phi) is 12.6. The van der Waals surface area contributed by atoms with Crippen molar-refractivity contribution in [1.29, 1.82) is 0 Å². The zero-order valence-electron chi connectivity index (χ0n) is 30.3. The molecule has 19 heteroatoms. The van der Waals surface area contributed by atoms with Crippen LogP contribution in [0.5, 0.6) is 40.2 Å². The van der Waals surface area contributed by atoms with Crippen molar-refractivity contribution in [3.63, 3.8) is 0 Å². The smallest absolute Gasteiger partial charge is 0.330 e. The zero-order valence-corrected chi connectivity index (χ0v) is 30.3. The van der Waals surface area contributed by atoms with Gasteiger partial charge in [0.15, 0.2) is 17.3 Å². The van der Waals surface area contributed by atoms with Crippen LogP contribution in [0.25, 0.3) is 12.2 Å². The molecule has 57 heavy (non-hydrogen) atoms. The summed E-state index contributed by atoms with van der Waals surface area (Å²) >= 11 is 0. The van der Waals surface area contributed by atoms with E-state index in [0.717, 1.165) is 12.1 Å².